The second-order valence-corrected chi connectivity index (χ2v) is 6.71. The molecule has 0 saturated carbocycles. The summed E-state index contributed by atoms with van der Waals surface area (Å²) in [5.41, 5.74) is 0. The highest BCUT2D eigenvalue weighted by Crippen LogP contribution is 2.27. The highest BCUT2D eigenvalue weighted by Gasteiger charge is 2.02. The van der Waals surface area contributed by atoms with E-state index in [0.717, 1.165) is 34.1 Å². The number of thioether (sulfide) groups is 2. The van der Waals surface area contributed by atoms with Gasteiger partial charge in [0, 0.05) is 19.4 Å². The minimum absolute atomic E-state index is 0.789. The zero-order valence-corrected chi connectivity index (χ0v) is 12.7. The molecule has 0 aliphatic carbocycles. The number of rotatable bonds is 10. The van der Waals surface area contributed by atoms with Crippen molar-refractivity contribution in [2.24, 2.45) is 0 Å². The van der Waals surface area contributed by atoms with Gasteiger partial charge in [0.2, 0.25) is 0 Å². The topological polar surface area (TPSA) is 47.0 Å². The maximum absolute atomic E-state index is 4.96. The molecule has 4 nitrogen and oxygen atoms in total. The monoisotopic (exact) mass is 293 g/mol. The predicted molar refractivity (Wildman–Crippen MR) is 76.4 cm³/mol. The lowest BCUT2D eigenvalue weighted by molar-refractivity contribution is 0.199. The van der Waals surface area contributed by atoms with E-state index in [0.29, 0.717) is 0 Å². The Morgan fingerprint density at radius 3 is 2.76 bits per heavy atom. The average Bonchev–Trinajstić information content (AvgIpc) is 2.80. The summed E-state index contributed by atoms with van der Waals surface area (Å²) in [5.74, 6) is 1.12. The molecule has 7 heteroatoms. The van der Waals surface area contributed by atoms with E-state index >= 15 is 0 Å². The molecule has 1 rings (SSSR count). The summed E-state index contributed by atoms with van der Waals surface area (Å²) in [6, 6.07) is 0. The molecule has 0 aromatic carbocycles. The first-order valence-corrected chi connectivity index (χ1v) is 8.59. The van der Waals surface area contributed by atoms with Crippen LogP contribution in [0.2, 0.25) is 0 Å². The second-order valence-electron chi connectivity index (χ2n) is 3.34. The Balaban J connectivity index is 1.93. The van der Waals surface area contributed by atoms with E-state index < -0.39 is 0 Å². The van der Waals surface area contributed by atoms with Gasteiger partial charge in [-0.25, -0.2) is 0 Å². The van der Waals surface area contributed by atoms with Crippen molar-refractivity contribution in [3.05, 3.63) is 0 Å². The fourth-order valence-corrected chi connectivity index (χ4v) is 3.66. The van der Waals surface area contributed by atoms with Crippen molar-refractivity contribution in [1.82, 2.24) is 15.5 Å². The Kier molecular flexibility index (Phi) is 9.08. The largest absolute Gasteiger partial charge is 0.383 e. The molecular weight excluding hydrogens is 274 g/mol. The normalized spacial score (nSPS) is 10.9. The highest BCUT2D eigenvalue weighted by molar-refractivity contribution is 8.02. The lowest BCUT2D eigenvalue weighted by Gasteiger charge is -2.02. The first-order chi connectivity index (χ1) is 8.36. The van der Waals surface area contributed by atoms with Crippen molar-refractivity contribution in [3.63, 3.8) is 0 Å². The van der Waals surface area contributed by atoms with Crippen molar-refractivity contribution in [2.75, 3.05) is 38.8 Å². The summed E-state index contributed by atoms with van der Waals surface area (Å²) < 4.78 is 7.09. The van der Waals surface area contributed by atoms with Gasteiger partial charge in [0.15, 0.2) is 8.68 Å². The Bertz CT molecular complexity index is 296. The fraction of sp³-hybridized carbons (Fsp3) is 0.800. The summed E-state index contributed by atoms with van der Waals surface area (Å²) in [5, 5.41) is 11.5. The molecule has 1 N–H and O–H groups in total. The Hall–Kier alpha value is 0.180. The Labute approximate surface area is 115 Å². The van der Waals surface area contributed by atoms with Crippen molar-refractivity contribution in [2.45, 2.75) is 21.5 Å². The van der Waals surface area contributed by atoms with Crippen LogP contribution in [0.25, 0.3) is 0 Å². The molecule has 0 bridgehead atoms. The van der Waals surface area contributed by atoms with Gasteiger partial charge in [0.25, 0.3) is 0 Å². The summed E-state index contributed by atoms with van der Waals surface area (Å²) >= 11 is 5.14. The smallest absolute Gasteiger partial charge is 0.175 e. The van der Waals surface area contributed by atoms with Gasteiger partial charge in [0.05, 0.1) is 6.61 Å². The van der Waals surface area contributed by atoms with Gasteiger partial charge in [-0.05, 0) is 25.6 Å². The molecule has 0 spiro atoms. The van der Waals surface area contributed by atoms with Crippen LogP contribution in [0.4, 0.5) is 0 Å². The van der Waals surface area contributed by atoms with Crippen molar-refractivity contribution < 1.29 is 4.74 Å². The fourth-order valence-electron chi connectivity index (χ4n) is 1.15. The number of nitrogens with one attached hydrogen (secondary N) is 1. The summed E-state index contributed by atoms with van der Waals surface area (Å²) in [7, 11) is 1.73. The van der Waals surface area contributed by atoms with Crippen LogP contribution >= 0.6 is 34.9 Å². The first kappa shape index (κ1) is 15.2. The SMILES string of the molecule is COCCNCCCCSc1nnc(SC)s1. The molecule has 1 aromatic rings. The van der Waals surface area contributed by atoms with Crippen molar-refractivity contribution in [1.29, 1.82) is 0 Å². The standard InChI is InChI=1S/C10H19N3OS3/c1-14-7-6-11-5-3-4-8-16-10-13-12-9(15-2)17-10/h11H,3-8H2,1-2H3. The quantitative estimate of drug-likeness (QED) is 0.528. The molecule has 0 atom stereocenters. The number of hydrogen-bond acceptors (Lipinski definition) is 7. The summed E-state index contributed by atoms with van der Waals surface area (Å²) in [6.45, 7) is 2.80. The third-order valence-electron chi connectivity index (χ3n) is 2.02. The molecule has 0 aliphatic rings. The molecule has 0 fully saturated rings. The number of nitrogens with zero attached hydrogens (tertiary/aromatic N) is 2. The number of methoxy groups -OCH3 is 1. The highest BCUT2D eigenvalue weighted by atomic mass is 32.2. The first-order valence-electron chi connectivity index (χ1n) is 5.56. The second kappa shape index (κ2) is 10.1. The van der Waals surface area contributed by atoms with Crippen LogP contribution in [-0.4, -0.2) is 49.0 Å². The van der Waals surface area contributed by atoms with Gasteiger partial charge in [-0.1, -0.05) is 34.9 Å². The van der Waals surface area contributed by atoms with Crippen molar-refractivity contribution >= 4 is 34.9 Å². The van der Waals surface area contributed by atoms with Gasteiger partial charge in [-0.3, -0.25) is 0 Å². The van der Waals surface area contributed by atoms with Gasteiger partial charge in [0.1, 0.15) is 0 Å². The van der Waals surface area contributed by atoms with E-state index in [2.05, 4.69) is 15.5 Å². The van der Waals surface area contributed by atoms with Gasteiger partial charge in [-0.15, -0.1) is 10.2 Å². The van der Waals surface area contributed by atoms with E-state index in [1.54, 1.807) is 42.0 Å². The van der Waals surface area contributed by atoms with E-state index in [1.165, 1.54) is 12.8 Å². The number of aromatic nitrogens is 2. The van der Waals surface area contributed by atoms with E-state index in [4.69, 9.17) is 4.74 Å². The van der Waals surface area contributed by atoms with Crippen LogP contribution < -0.4 is 5.32 Å². The minimum atomic E-state index is 0.789. The molecule has 98 valence electrons. The third-order valence-corrected chi connectivity index (χ3v) is 5.14. The van der Waals surface area contributed by atoms with Crippen LogP contribution in [0.5, 0.6) is 0 Å². The number of unbranched alkanes of at least 4 members (excludes halogenated alkanes) is 1. The van der Waals surface area contributed by atoms with E-state index in [-0.39, 0.29) is 0 Å². The van der Waals surface area contributed by atoms with Crippen LogP contribution in [-0.2, 0) is 4.74 Å². The van der Waals surface area contributed by atoms with E-state index in [9.17, 15) is 0 Å². The molecular formula is C10H19N3OS3. The van der Waals surface area contributed by atoms with Crippen molar-refractivity contribution in [3.8, 4) is 0 Å². The van der Waals surface area contributed by atoms with Gasteiger partial charge in [-0.2, -0.15) is 0 Å². The Morgan fingerprint density at radius 1 is 1.24 bits per heavy atom. The Morgan fingerprint density at radius 2 is 2.06 bits per heavy atom. The molecule has 0 radical (unpaired) electrons. The van der Waals surface area contributed by atoms with Crippen LogP contribution in [0.15, 0.2) is 8.68 Å². The van der Waals surface area contributed by atoms with Gasteiger partial charge >= 0.3 is 0 Å². The summed E-state index contributed by atoms with van der Waals surface area (Å²) in [6.07, 6.45) is 4.43. The zero-order valence-electron chi connectivity index (χ0n) is 10.3. The molecule has 1 heterocycles. The number of hydrogen-bond donors (Lipinski definition) is 1. The lowest BCUT2D eigenvalue weighted by Crippen LogP contribution is -2.20. The molecule has 17 heavy (non-hydrogen) atoms. The molecule has 0 amide bonds. The lowest BCUT2D eigenvalue weighted by atomic mass is 10.3. The maximum atomic E-state index is 4.96. The van der Waals surface area contributed by atoms with Gasteiger partial charge < -0.3 is 10.1 Å². The molecule has 0 aliphatic heterocycles. The average molecular weight is 293 g/mol. The van der Waals surface area contributed by atoms with Crippen LogP contribution in [0.1, 0.15) is 12.8 Å². The third kappa shape index (κ3) is 7.25. The minimum Gasteiger partial charge on any atom is -0.383 e. The van der Waals surface area contributed by atoms with Crippen LogP contribution in [0.3, 0.4) is 0 Å². The van der Waals surface area contributed by atoms with Crippen LogP contribution in [0, 0.1) is 0 Å². The number of ether oxygens (including phenoxy) is 1. The van der Waals surface area contributed by atoms with E-state index in [1.807, 2.05) is 6.26 Å². The zero-order chi connectivity index (χ0) is 12.3. The molecule has 0 unspecified atom stereocenters. The summed E-state index contributed by atoms with van der Waals surface area (Å²) in [4.78, 5) is 0. The predicted octanol–water partition coefficient (Wildman–Crippen LogP) is 2.37. The maximum Gasteiger partial charge on any atom is 0.175 e. The molecule has 1 aromatic heterocycles. The molecule has 0 saturated heterocycles.